The molecule has 0 heterocycles. The fourth-order valence-corrected chi connectivity index (χ4v) is 2.11. The number of rotatable bonds is 4. The standard InChI is InChI=1S/C15H13NO2S/c17-19(18,12-11-14-7-3-1-4-8-14)16-13-15-9-5-2-6-10-15/h1-13H/b12-11+,16-13+. The SMILES string of the molecule is O=S(=O)(/C=C/c1ccccc1)/N=C/c1ccccc1. The van der Waals surface area contributed by atoms with E-state index >= 15 is 0 Å². The Morgan fingerprint density at radius 3 is 1.89 bits per heavy atom. The van der Waals surface area contributed by atoms with Crippen molar-refractivity contribution < 1.29 is 8.42 Å². The fraction of sp³-hybridized carbons (Fsp3) is 0. The molecule has 2 aromatic carbocycles. The number of hydrogen-bond acceptors (Lipinski definition) is 2. The highest BCUT2D eigenvalue weighted by Crippen LogP contribution is 2.05. The lowest BCUT2D eigenvalue weighted by atomic mass is 10.2. The molecule has 19 heavy (non-hydrogen) atoms. The minimum absolute atomic E-state index is 0.749. The Labute approximate surface area is 113 Å². The van der Waals surface area contributed by atoms with Gasteiger partial charge in [-0.3, -0.25) is 0 Å². The van der Waals surface area contributed by atoms with E-state index < -0.39 is 10.0 Å². The van der Waals surface area contributed by atoms with Crippen molar-refractivity contribution in [3.63, 3.8) is 0 Å². The zero-order chi connectivity index (χ0) is 13.6. The summed E-state index contributed by atoms with van der Waals surface area (Å²) in [5.74, 6) is 0. The summed E-state index contributed by atoms with van der Waals surface area (Å²) in [4.78, 5) is 0. The number of nitrogens with zero attached hydrogens (tertiary/aromatic N) is 1. The molecule has 2 rings (SSSR count). The first-order chi connectivity index (χ1) is 9.16. The molecule has 0 unspecified atom stereocenters. The summed E-state index contributed by atoms with van der Waals surface area (Å²) in [5, 5.41) is 1.10. The maximum Gasteiger partial charge on any atom is 0.275 e. The molecule has 0 spiro atoms. The summed E-state index contributed by atoms with van der Waals surface area (Å²) in [6.07, 6.45) is 2.86. The van der Waals surface area contributed by atoms with Crippen molar-refractivity contribution in [2.45, 2.75) is 0 Å². The maximum absolute atomic E-state index is 11.7. The van der Waals surface area contributed by atoms with Gasteiger partial charge < -0.3 is 0 Å². The normalized spacial score (nSPS) is 12.2. The van der Waals surface area contributed by atoms with E-state index in [1.54, 1.807) is 12.1 Å². The van der Waals surface area contributed by atoms with Crippen molar-refractivity contribution in [2.75, 3.05) is 0 Å². The van der Waals surface area contributed by atoms with Gasteiger partial charge in [-0.25, -0.2) is 0 Å². The van der Waals surface area contributed by atoms with E-state index in [0.29, 0.717) is 0 Å². The second kappa shape index (κ2) is 6.11. The molecule has 0 radical (unpaired) electrons. The van der Waals surface area contributed by atoms with Crippen LogP contribution in [0.15, 0.2) is 70.5 Å². The monoisotopic (exact) mass is 271 g/mol. The average molecular weight is 271 g/mol. The molecule has 0 aliphatic carbocycles. The fourth-order valence-electron chi connectivity index (χ4n) is 1.44. The van der Waals surface area contributed by atoms with Crippen LogP contribution in [-0.4, -0.2) is 14.6 Å². The summed E-state index contributed by atoms with van der Waals surface area (Å²) in [6, 6.07) is 18.3. The van der Waals surface area contributed by atoms with Crippen LogP contribution in [0.1, 0.15) is 11.1 Å². The predicted molar refractivity (Wildman–Crippen MR) is 78.4 cm³/mol. The third kappa shape index (κ3) is 4.52. The minimum Gasteiger partial charge on any atom is -0.200 e. The van der Waals surface area contributed by atoms with Gasteiger partial charge in [-0.1, -0.05) is 60.7 Å². The Bertz CT molecular complexity index is 619. The smallest absolute Gasteiger partial charge is 0.200 e. The summed E-state index contributed by atoms with van der Waals surface area (Å²) >= 11 is 0. The van der Waals surface area contributed by atoms with Crippen LogP contribution in [-0.2, 0) is 10.0 Å². The third-order valence-corrected chi connectivity index (χ3v) is 3.26. The zero-order valence-electron chi connectivity index (χ0n) is 10.2. The molecule has 0 fully saturated rings. The van der Waals surface area contributed by atoms with Gasteiger partial charge >= 0.3 is 0 Å². The first-order valence-corrected chi connectivity index (χ1v) is 7.25. The summed E-state index contributed by atoms with van der Waals surface area (Å²) in [7, 11) is -3.59. The first kappa shape index (κ1) is 13.2. The molecule has 0 aromatic heterocycles. The summed E-state index contributed by atoms with van der Waals surface area (Å²) in [5.41, 5.74) is 1.57. The van der Waals surface area contributed by atoms with Gasteiger partial charge in [0.2, 0.25) is 0 Å². The highest BCUT2D eigenvalue weighted by Gasteiger charge is 2.00. The molecule has 0 saturated heterocycles. The van der Waals surface area contributed by atoms with Crippen molar-refractivity contribution in [1.82, 2.24) is 0 Å². The van der Waals surface area contributed by atoms with Gasteiger partial charge in [0, 0.05) is 6.21 Å². The van der Waals surface area contributed by atoms with Crippen molar-refractivity contribution in [1.29, 1.82) is 0 Å². The molecule has 4 heteroatoms. The van der Waals surface area contributed by atoms with Gasteiger partial charge in [-0.15, -0.1) is 0 Å². The maximum atomic E-state index is 11.7. The van der Waals surface area contributed by atoms with Crippen LogP contribution in [0.2, 0.25) is 0 Å². The number of hydrogen-bond donors (Lipinski definition) is 0. The highest BCUT2D eigenvalue weighted by atomic mass is 32.2. The lowest BCUT2D eigenvalue weighted by Crippen LogP contribution is -1.91. The quantitative estimate of drug-likeness (QED) is 0.802. The largest absolute Gasteiger partial charge is 0.275 e. The molecule has 0 N–H and O–H groups in total. The van der Waals surface area contributed by atoms with Crippen molar-refractivity contribution >= 4 is 22.3 Å². The van der Waals surface area contributed by atoms with Gasteiger partial charge in [-0.2, -0.15) is 12.8 Å². The Hall–Kier alpha value is -2.20. The Morgan fingerprint density at radius 2 is 1.32 bits per heavy atom. The van der Waals surface area contributed by atoms with Crippen LogP contribution in [0.5, 0.6) is 0 Å². The van der Waals surface area contributed by atoms with E-state index in [9.17, 15) is 8.42 Å². The molecule has 0 bridgehead atoms. The van der Waals surface area contributed by atoms with Crippen LogP contribution in [0, 0.1) is 0 Å². The van der Waals surface area contributed by atoms with Crippen LogP contribution in [0.3, 0.4) is 0 Å². The van der Waals surface area contributed by atoms with Gasteiger partial charge in [0.1, 0.15) is 0 Å². The van der Waals surface area contributed by atoms with E-state index in [4.69, 9.17) is 0 Å². The van der Waals surface area contributed by atoms with E-state index in [2.05, 4.69) is 4.40 Å². The van der Waals surface area contributed by atoms with E-state index in [1.807, 2.05) is 48.5 Å². The molecule has 2 aromatic rings. The zero-order valence-corrected chi connectivity index (χ0v) is 11.0. The Kier molecular flexibility index (Phi) is 4.26. The molecule has 0 aliphatic rings. The second-order valence-electron chi connectivity index (χ2n) is 3.87. The highest BCUT2D eigenvalue weighted by molar-refractivity contribution is 7.93. The Balaban J connectivity index is 2.12. The van der Waals surface area contributed by atoms with Gasteiger partial charge in [0.15, 0.2) is 0 Å². The van der Waals surface area contributed by atoms with Crippen LogP contribution in [0.25, 0.3) is 6.08 Å². The Morgan fingerprint density at radius 1 is 0.789 bits per heavy atom. The molecule has 0 saturated carbocycles. The van der Waals surface area contributed by atoms with Gasteiger partial charge in [0.05, 0.1) is 5.41 Å². The van der Waals surface area contributed by atoms with E-state index in [1.165, 1.54) is 12.3 Å². The number of sulfonamides is 1. The molecule has 0 amide bonds. The second-order valence-corrected chi connectivity index (χ2v) is 5.39. The minimum atomic E-state index is -3.59. The molecule has 96 valence electrons. The molecule has 3 nitrogen and oxygen atoms in total. The van der Waals surface area contributed by atoms with Crippen molar-refractivity contribution in [2.24, 2.45) is 4.40 Å². The van der Waals surface area contributed by atoms with Crippen LogP contribution in [0.4, 0.5) is 0 Å². The first-order valence-electron chi connectivity index (χ1n) is 5.74. The lowest BCUT2D eigenvalue weighted by molar-refractivity contribution is 0.607. The predicted octanol–water partition coefficient (Wildman–Crippen LogP) is 3.11. The lowest BCUT2D eigenvalue weighted by Gasteiger charge is -1.93. The van der Waals surface area contributed by atoms with E-state index in [0.717, 1.165) is 16.5 Å². The van der Waals surface area contributed by atoms with Crippen LogP contribution < -0.4 is 0 Å². The summed E-state index contributed by atoms with van der Waals surface area (Å²) in [6.45, 7) is 0. The van der Waals surface area contributed by atoms with Crippen molar-refractivity contribution in [3.8, 4) is 0 Å². The third-order valence-electron chi connectivity index (χ3n) is 2.38. The molecule has 0 aliphatic heterocycles. The van der Waals surface area contributed by atoms with Gasteiger partial charge in [-0.05, 0) is 17.2 Å². The van der Waals surface area contributed by atoms with Crippen molar-refractivity contribution in [3.05, 3.63) is 77.2 Å². The van der Waals surface area contributed by atoms with Gasteiger partial charge in [0.25, 0.3) is 10.0 Å². The van der Waals surface area contributed by atoms with E-state index in [-0.39, 0.29) is 0 Å². The van der Waals surface area contributed by atoms with Crippen LogP contribution >= 0.6 is 0 Å². The molecular formula is C15H13NO2S. The number of benzene rings is 2. The molecular weight excluding hydrogens is 258 g/mol. The topological polar surface area (TPSA) is 46.5 Å². The molecule has 0 atom stereocenters. The average Bonchev–Trinajstić information content (AvgIpc) is 2.46. The summed E-state index contributed by atoms with van der Waals surface area (Å²) < 4.78 is 27.0.